The van der Waals surface area contributed by atoms with Crippen molar-refractivity contribution in [3.8, 4) is 11.3 Å². The van der Waals surface area contributed by atoms with Crippen LogP contribution in [-0.2, 0) is 0 Å². The number of aromatic amines is 1. The first kappa shape index (κ1) is 9.76. The monoisotopic (exact) mass is 329 g/mol. The van der Waals surface area contributed by atoms with Crippen LogP contribution in [0.15, 0.2) is 29.3 Å². The molecule has 0 aromatic carbocycles. The Balaban J connectivity index is 2.32. The van der Waals surface area contributed by atoms with Gasteiger partial charge in [0, 0.05) is 17.1 Å². The number of hydrogen-bond acceptors (Lipinski definition) is 3. The fraction of sp³-hybridized carbons (Fsp3) is 0. The summed E-state index contributed by atoms with van der Waals surface area (Å²) in [5.41, 5.74) is 1.40. The third-order valence-corrected chi connectivity index (χ3v) is 3.03. The molecule has 0 spiro atoms. The summed E-state index contributed by atoms with van der Waals surface area (Å²) in [7, 11) is 0. The predicted octanol–water partition coefficient (Wildman–Crippen LogP) is 2.96. The zero-order valence-electron chi connectivity index (χ0n) is 7.87. The summed E-state index contributed by atoms with van der Waals surface area (Å²) in [6.45, 7) is 0. The van der Waals surface area contributed by atoms with Gasteiger partial charge < -0.3 is 9.40 Å². The summed E-state index contributed by atoms with van der Waals surface area (Å²) in [5, 5.41) is 0.690. The van der Waals surface area contributed by atoms with Crippen molar-refractivity contribution >= 4 is 33.6 Å². The molecular weight excluding hydrogens is 324 g/mol. The second kappa shape index (κ2) is 3.55. The molecule has 0 amide bonds. The van der Waals surface area contributed by atoms with E-state index in [9.17, 15) is 4.39 Å². The Bertz CT molecular complexity index is 661. The third-order valence-electron chi connectivity index (χ3n) is 2.27. The maximum absolute atomic E-state index is 13.1. The van der Waals surface area contributed by atoms with E-state index >= 15 is 0 Å². The minimum Gasteiger partial charge on any atom is -0.442 e. The average molecular weight is 329 g/mol. The van der Waals surface area contributed by atoms with Crippen LogP contribution in [0.2, 0.25) is 0 Å². The zero-order valence-corrected chi connectivity index (χ0v) is 10.0. The fourth-order valence-electron chi connectivity index (χ4n) is 1.57. The molecule has 4 nitrogen and oxygen atoms in total. The van der Waals surface area contributed by atoms with Gasteiger partial charge in [-0.2, -0.15) is 0 Å². The highest BCUT2D eigenvalue weighted by molar-refractivity contribution is 14.1. The van der Waals surface area contributed by atoms with E-state index in [1.807, 2.05) is 0 Å². The number of hydrogen-bond donors (Lipinski definition) is 1. The predicted molar refractivity (Wildman–Crippen MR) is 64.3 cm³/mol. The number of nitrogens with one attached hydrogen (secondary N) is 1. The van der Waals surface area contributed by atoms with Gasteiger partial charge in [-0.05, 0) is 28.7 Å². The molecule has 3 heterocycles. The third kappa shape index (κ3) is 1.41. The maximum atomic E-state index is 13.1. The van der Waals surface area contributed by atoms with E-state index in [-0.39, 0.29) is 5.82 Å². The van der Waals surface area contributed by atoms with E-state index in [1.54, 1.807) is 6.20 Å². The Kier molecular flexibility index (Phi) is 2.16. The lowest BCUT2D eigenvalue weighted by Gasteiger charge is -1.94. The van der Waals surface area contributed by atoms with Gasteiger partial charge in [-0.1, -0.05) is 0 Å². The Labute approximate surface area is 103 Å². The fourth-order valence-corrected chi connectivity index (χ4v) is 2.10. The number of H-pyrrole nitrogens is 1. The quantitative estimate of drug-likeness (QED) is 0.699. The molecule has 0 aliphatic heterocycles. The van der Waals surface area contributed by atoms with Crippen LogP contribution >= 0.6 is 22.6 Å². The van der Waals surface area contributed by atoms with Gasteiger partial charge in [0.15, 0.2) is 12.2 Å². The van der Waals surface area contributed by atoms with Crippen molar-refractivity contribution in [2.45, 2.75) is 0 Å². The Morgan fingerprint density at radius 3 is 3.00 bits per heavy atom. The van der Waals surface area contributed by atoms with Gasteiger partial charge in [0.05, 0.1) is 6.20 Å². The molecule has 0 saturated heterocycles. The van der Waals surface area contributed by atoms with Crippen molar-refractivity contribution in [3.63, 3.8) is 0 Å². The van der Waals surface area contributed by atoms with Crippen molar-refractivity contribution < 1.29 is 8.81 Å². The Hall–Kier alpha value is -1.44. The number of halogens is 2. The zero-order chi connectivity index (χ0) is 11.1. The summed E-state index contributed by atoms with van der Waals surface area (Å²) in [6, 6.07) is 1.42. The summed E-state index contributed by atoms with van der Waals surface area (Å²) >= 11 is 2.07. The van der Waals surface area contributed by atoms with Crippen LogP contribution in [0.1, 0.15) is 0 Å². The van der Waals surface area contributed by atoms with Crippen molar-refractivity contribution in [2.24, 2.45) is 0 Å². The van der Waals surface area contributed by atoms with Crippen LogP contribution in [-0.4, -0.2) is 15.0 Å². The van der Waals surface area contributed by atoms with Crippen LogP contribution in [0.4, 0.5) is 4.39 Å². The van der Waals surface area contributed by atoms with Crippen molar-refractivity contribution in [1.82, 2.24) is 15.0 Å². The minimum absolute atomic E-state index is 0.372. The molecule has 3 rings (SSSR count). The molecule has 0 bridgehead atoms. The highest BCUT2D eigenvalue weighted by atomic mass is 127. The molecule has 0 aliphatic carbocycles. The molecule has 16 heavy (non-hydrogen) atoms. The second-order valence-electron chi connectivity index (χ2n) is 3.22. The molecule has 0 atom stereocenters. The minimum atomic E-state index is -0.372. The molecule has 80 valence electrons. The van der Waals surface area contributed by atoms with Gasteiger partial charge in [-0.25, -0.2) is 14.4 Å². The number of rotatable bonds is 1. The van der Waals surface area contributed by atoms with Gasteiger partial charge in [0.25, 0.3) is 0 Å². The number of fused-ring (bicyclic) bond motifs is 1. The molecule has 3 aromatic rings. The molecule has 0 saturated carbocycles. The first-order chi connectivity index (χ1) is 7.75. The van der Waals surface area contributed by atoms with Crippen LogP contribution in [0.25, 0.3) is 22.4 Å². The molecule has 0 radical (unpaired) electrons. The standard InChI is InChI=1S/C10H5FIN3O/c11-5-1-6-7(3-14-10(6)13-2-5)8-9(12)15-4-16-8/h1-4H,(H,13,14). The van der Waals surface area contributed by atoms with E-state index in [0.717, 1.165) is 9.26 Å². The van der Waals surface area contributed by atoms with Gasteiger partial charge in [0.1, 0.15) is 15.2 Å². The SMILES string of the molecule is Fc1cnc2[nH]cc(-c3ocnc3I)c2c1. The summed E-state index contributed by atoms with van der Waals surface area (Å²) in [4.78, 5) is 10.9. The topological polar surface area (TPSA) is 54.7 Å². The first-order valence-corrected chi connectivity index (χ1v) is 5.55. The normalized spacial score (nSPS) is 11.1. The lowest BCUT2D eigenvalue weighted by molar-refractivity contribution is 0.572. The highest BCUT2D eigenvalue weighted by Crippen LogP contribution is 2.30. The molecule has 1 N–H and O–H groups in total. The lowest BCUT2D eigenvalue weighted by atomic mass is 10.2. The lowest BCUT2D eigenvalue weighted by Crippen LogP contribution is -1.81. The van der Waals surface area contributed by atoms with Gasteiger partial charge in [-0.3, -0.25) is 0 Å². The molecule has 0 aliphatic rings. The number of aromatic nitrogens is 3. The molecule has 6 heteroatoms. The average Bonchev–Trinajstić information content (AvgIpc) is 2.83. The number of oxazole rings is 1. The van der Waals surface area contributed by atoms with Gasteiger partial charge >= 0.3 is 0 Å². The Morgan fingerprint density at radius 2 is 2.25 bits per heavy atom. The van der Waals surface area contributed by atoms with Crippen molar-refractivity contribution in [3.05, 3.63) is 34.4 Å². The van der Waals surface area contributed by atoms with Crippen LogP contribution in [0, 0.1) is 9.52 Å². The van der Waals surface area contributed by atoms with Crippen molar-refractivity contribution in [1.29, 1.82) is 0 Å². The first-order valence-electron chi connectivity index (χ1n) is 4.47. The number of nitrogens with zero attached hydrogens (tertiary/aromatic N) is 2. The highest BCUT2D eigenvalue weighted by Gasteiger charge is 2.14. The van der Waals surface area contributed by atoms with E-state index < -0.39 is 0 Å². The van der Waals surface area contributed by atoms with Crippen LogP contribution in [0.5, 0.6) is 0 Å². The van der Waals surface area contributed by atoms with E-state index in [2.05, 4.69) is 37.5 Å². The largest absolute Gasteiger partial charge is 0.442 e. The maximum Gasteiger partial charge on any atom is 0.182 e. The second-order valence-corrected chi connectivity index (χ2v) is 4.25. The van der Waals surface area contributed by atoms with Crippen LogP contribution in [0.3, 0.4) is 0 Å². The van der Waals surface area contributed by atoms with Crippen molar-refractivity contribution in [2.75, 3.05) is 0 Å². The molecule has 3 aromatic heterocycles. The molecular formula is C10H5FIN3O. The number of pyridine rings is 1. The van der Waals surface area contributed by atoms with E-state index in [1.165, 1.54) is 18.7 Å². The summed E-state index contributed by atoms with van der Waals surface area (Å²) < 4.78 is 19.1. The summed E-state index contributed by atoms with van der Waals surface area (Å²) in [5.74, 6) is 0.252. The van der Waals surface area contributed by atoms with E-state index in [4.69, 9.17) is 4.42 Å². The summed E-state index contributed by atoms with van der Waals surface area (Å²) in [6.07, 6.45) is 4.27. The van der Waals surface area contributed by atoms with Gasteiger partial charge in [-0.15, -0.1) is 0 Å². The molecule has 0 fully saturated rings. The van der Waals surface area contributed by atoms with Gasteiger partial charge in [0.2, 0.25) is 0 Å². The Morgan fingerprint density at radius 1 is 1.38 bits per heavy atom. The van der Waals surface area contributed by atoms with Crippen LogP contribution < -0.4 is 0 Å². The van der Waals surface area contributed by atoms with E-state index in [0.29, 0.717) is 16.8 Å². The molecule has 0 unspecified atom stereocenters. The smallest absolute Gasteiger partial charge is 0.182 e.